The smallest absolute Gasteiger partial charge is 0.232 e. The molecule has 0 heterocycles. The van der Waals surface area contributed by atoms with Crippen molar-refractivity contribution in [2.75, 3.05) is 12.8 Å². The van der Waals surface area contributed by atoms with Gasteiger partial charge in [-0.05, 0) is 26.0 Å². The van der Waals surface area contributed by atoms with Crippen LogP contribution in [-0.2, 0) is 4.79 Å². The number of nitrogens with one attached hydrogen (secondary N) is 1. The molecule has 0 radical (unpaired) electrons. The molecule has 0 aromatic rings. The van der Waals surface area contributed by atoms with Crippen molar-refractivity contribution in [3.63, 3.8) is 0 Å². The van der Waals surface area contributed by atoms with Crippen molar-refractivity contribution in [2.24, 2.45) is 5.73 Å². The van der Waals surface area contributed by atoms with Gasteiger partial charge in [0.25, 0.3) is 0 Å². The van der Waals surface area contributed by atoms with Crippen molar-refractivity contribution in [3.8, 4) is 0 Å². The summed E-state index contributed by atoms with van der Waals surface area (Å²) in [6, 6.07) is 0. The standard InChI is InChI=1S/C10H22N2OS.ClH/c1-5-10(11,6-2)7-12-9(13)8(3)14-4;/h8H,5-7,11H2,1-4H3,(H,12,13);1H. The fourth-order valence-corrected chi connectivity index (χ4v) is 1.31. The van der Waals surface area contributed by atoms with E-state index in [1.165, 1.54) is 0 Å². The van der Waals surface area contributed by atoms with Crippen LogP contribution in [0, 0.1) is 0 Å². The summed E-state index contributed by atoms with van der Waals surface area (Å²) in [4.78, 5) is 11.5. The van der Waals surface area contributed by atoms with E-state index in [4.69, 9.17) is 5.73 Å². The van der Waals surface area contributed by atoms with E-state index >= 15 is 0 Å². The Morgan fingerprint density at radius 2 is 1.93 bits per heavy atom. The molecule has 15 heavy (non-hydrogen) atoms. The Morgan fingerprint density at radius 3 is 2.27 bits per heavy atom. The van der Waals surface area contributed by atoms with Gasteiger partial charge in [0.2, 0.25) is 5.91 Å². The topological polar surface area (TPSA) is 55.1 Å². The van der Waals surface area contributed by atoms with Crippen LogP contribution in [0.4, 0.5) is 0 Å². The first-order valence-corrected chi connectivity index (χ1v) is 6.37. The van der Waals surface area contributed by atoms with Gasteiger partial charge < -0.3 is 11.1 Å². The molecule has 1 atom stereocenters. The number of thioether (sulfide) groups is 1. The highest BCUT2D eigenvalue weighted by atomic mass is 35.5. The van der Waals surface area contributed by atoms with Gasteiger partial charge in [0, 0.05) is 12.1 Å². The van der Waals surface area contributed by atoms with Crippen LogP contribution >= 0.6 is 24.2 Å². The largest absolute Gasteiger partial charge is 0.353 e. The van der Waals surface area contributed by atoms with E-state index in [1.807, 2.05) is 27.0 Å². The average Bonchev–Trinajstić information content (AvgIpc) is 2.24. The lowest BCUT2D eigenvalue weighted by Crippen LogP contribution is -2.50. The molecule has 0 aromatic heterocycles. The summed E-state index contributed by atoms with van der Waals surface area (Å²) in [5.74, 6) is 0.0780. The zero-order chi connectivity index (χ0) is 11.2. The van der Waals surface area contributed by atoms with Crippen LogP contribution in [0.3, 0.4) is 0 Å². The van der Waals surface area contributed by atoms with Crippen molar-refractivity contribution < 1.29 is 4.79 Å². The first-order chi connectivity index (χ1) is 6.49. The number of hydrogen-bond acceptors (Lipinski definition) is 3. The lowest BCUT2D eigenvalue weighted by Gasteiger charge is -2.27. The third kappa shape index (κ3) is 6.28. The maximum absolute atomic E-state index is 11.5. The minimum atomic E-state index is -0.242. The van der Waals surface area contributed by atoms with Gasteiger partial charge in [-0.25, -0.2) is 0 Å². The van der Waals surface area contributed by atoms with E-state index in [-0.39, 0.29) is 29.1 Å². The van der Waals surface area contributed by atoms with Gasteiger partial charge in [-0.15, -0.1) is 12.4 Å². The summed E-state index contributed by atoms with van der Waals surface area (Å²) in [6.45, 7) is 6.57. The molecule has 0 aromatic carbocycles. The molecule has 0 saturated heterocycles. The Balaban J connectivity index is 0. The Labute approximate surface area is 103 Å². The molecular formula is C10H23ClN2OS. The van der Waals surface area contributed by atoms with Crippen molar-refractivity contribution in [3.05, 3.63) is 0 Å². The number of carbonyl (C=O) groups excluding carboxylic acids is 1. The Kier molecular flexibility index (Phi) is 9.60. The molecule has 0 fully saturated rings. The van der Waals surface area contributed by atoms with Gasteiger partial charge in [-0.3, -0.25) is 4.79 Å². The molecule has 5 heteroatoms. The molecule has 0 aliphatic heterocycles. The molecule has 0 bridgehead atoms. The second-order valence-electron chi connectivity index (χ2n) is 3.67. The minimum absolute atomic E-state index is 0. The van der Waals surface area contributed by atoms with Gasteiger partial charge in [0.1, 0.15) is 0 Å². The van der Waals surface area contributed by atoms with Gasteiger partial charge in [-0.1, -0.05) is 13.8 Å². The van der Waals surface area contributed by atoms with Crippen molar-refractivity contribution in [1.82, 2.24) is 5.32 Å². The first kappa shape index (κ1) is 17.5. The van der Waals surface area contributed by atoms with Gasteiger partial charge >= 0.3 is 0 Å². The van der Waals surface area contributed by atoms with Crippen LogP contribution in [0.1, 0.15) is 33.6 Å². The molecule has 1 unspecified atom stereocenters. The quantitative estimate of drug-likeness (QED) is 0.760. The summed E-state index contributed by atoms with van der Waals surface area (Å²) >= 11 is 1.55. The highest BCUT2D eigenvalue weighted by molar-refractivity contribution is 7.99. The molecule has 3 N–H and O–H groups in total. The fraction of sp³-hybridized carbons (Fsp3) is 0.900. The predicted octanol–water partition coefficient (Wildman–Crippen LogP) is 1.79. The van der Waals surface area contributed by atoms with Crippen LogP contribution in [0.2, 0.25) is 0 Å². The Morgan fingerprint density at radius 1 is 1.47 bits per heavy atom. The first-order valence-electron chi connectivity index (χ1n) is 5.08. The number of hydrogen-bond donors (Lipinski definition) is 2. The lowest BCUT2D eigenvalue weighted by molar-refractivity contribution is -0.120. The molecule has 1 amide bonds. The van der Waals surface area contributed by atoms with E-state index in [1.54, 1.807) is 11.8 Å². The molecule has 0 aliphatic rings. The second kappa shape index (κ2) is 8.25. The average molecular weight is 255 g/mol. The number of nitrogens with two attached hydrogens (primary N) is 1. The maximum Gasteiger partial charge on any atom is 0.232 e. The number of amides is 1. The summed E-state index contributed by atoms with van der Waals surface area (Å²) in [7, 11) is 0. The summed E-state index contributed by atoms with van der Waals surface area (Å²) in [5.41, 5.74) is 5.82. The molecule has 0 rings (SSSR count). The van der Waals surface area contributed by atoms with Crippen molar-refractivity contribution in [2.45, 2.75) is 44.4 Å². The monoisotopic (exact) mass is 254 g/mol. The second-order valence-corrected chi connectivity index (χ2v) is 4.84. The third-order valence-corrected chi connectivity index (χ3v) is 3.67. The number of halogens is 1. The van der Waals surface area contributed by atoms with E-state index < -0.39 is 0 Å². The fourth-order valence-electron chi connectivity index (χ4n) is 1.01. The van der Waals surface area contributed by atoms with Crippen LogP contribution in [0.15, 0.2) is 0 Å². The maximum atomic E-state index is 11.5. The SMILES string of the molecule is CCC(N)(CC)CNC(=O)C(C)SC.Cl. The lowest BCUT2D eigenvalue weighted by atomic mass is 9.94. The molecule has 0 saturated carbocycles. The highest BCUT2D eigenvalue weighted by Gasteiger charge is 2.22. The minimum Gasteiger partial charge on any atom is -0.353 e. The van der Waals surface area contributed by atoms with E-state index in [0.29, 0.717) is 6.54 Å². The zero-order valence-corrected chi connectivity index (χ0v) is 11.6. The third-order valence-electron chi connectivity index (χ3n) is 2.75. The summed E-state index contributed by atoms with van der Waals surface area (Å²) in [5, 5.41) is 2.90. The molecule has 0 spiro atoms. The highest BCUT2D eigenvalue weighted by Crippen LogP contribution is 2.10. The van der Waals surface area contributed by atoms with Gasteiger partial charge in [-0.2, -0.15) is 11.8 Å². The van der Waals surface area contributed by atoms with Crippen molar-refractivity contribution >= 4 is 30.1 Å². The Bertz CT molecular complexity index is 186. The zero-order valence-electron chi connectivity index (χ0n) is 10.0. The molecule has 3 nitrogen and oxygen atoms in total. The Hall–Kier alpha value is 0.0700. The predicted molar refractivity (Wildman–Crippen MR) is 70.7 cm³/mol. The van der Waals surface area contributed by atoms with Crippen LogP contribution < -0.4 is 11.1 Å². The van der Waals surface area contributed by atoms with Crippen molar-refractivity contribution in [1.29, 1.82) is 0 Å². The summed E-state index contributed by atoms with van der Waals surface area (Å²) in [6.07, 6.45) is 3.70. The van der Waals surface area contributed by atoms with Gasteiger partial charge in [0.05, 0.1) is 5.25 Å². The van der Waals surface area contributed by atoms with Crippen LogP contribution in [-0.4, -0.2) is 29.5 Å². The van der Waals surface area contributed by atoms with Gasteiger partial charge in [0.15, 0.2) is 0 Å². The molecular weight excluding hydrogens is 232 g/mol. The molecule has 92 valence electrons. The van der Waals surface area contributed by atoms with Crippen LogP contribution in [0.5, 0.6) is 0 Å². The number of rotatable bonds is 6. The van der Waals surface area contributed by atoms with E-state index in [9.17, 15) is 4.79 Å². The van der Waals surface area contributed by atoms with Crippen LogP contribution in [0.25, 0.3) is 0 Å². The van der Waals surface area contributed by atoms with E-state index in [2.05, 4.69) is 5.32 Å². The summed E-state index contributed by atoms with van der Waals surface area (Å²) < 4.78 is 0. The normalized spacial score (nSPS) is 12.9. The van der Waals surface area contributed by atoms with E-state index in [0.717, 1.165) is 12.8 Å². The molecule has 0 aliphatic carbocycles. The number of carbonyl (C=O) groups is 1.